The number of ether oxygens (including phenoxy) is 1. The topological polar surface area (TPSA) is 46.6 Å². The SMILES string of the molecule is CCOc1cc(C)c(C)cc1S(=O)(=O)N1C[C@@H](C)C[C@H](C)C1. The predicted molar refractivity (Wildman–Crippen MR) is 88.8 cm³/mol. The first kappa shape index (κ1) is 17.3. The van der Waals surface area contributed by atoms with E-state index in [1.54, 1.807) is 10.4 Å². The van der Waals surface area contributed by atoms with Crippen LogP contribution in [-0.2, 0) is 10.0 Å². The van der Waals surface area contributed by atoms with Crippen molar-refractivity contribution in [1.82, 2.24) is 4.31 Å². The Morgan fingerprint density at radius 2 is 1.68 bits per heavy atom. The Hall–Kier alpha value is -1.07. The molecule has 1 aliphatic rings. The van der Waals surface area contributed by atoms with Gasteiger partial charge in [-0.05, 0) is 62.3 Å². The van der Waals surface area contributed by atoms with Crippen molar-refractivity contribution in [3.8, 4) is 5.75 Å². The van der Waals surface area contributed by atoms with Gasteiger partial charge in [0, 0.05) is 13.1 Å². The van der Waals surface area contributed by atoms with E-state index in [9.17, 15) is 8.42 Å². The Labute approximate surface area is 134 Å². The molecule has 0 bridgehead atoms. The third-order valence-electron chi connectivity index (χ3n) is 4.31. The molecule has 0 N–H and O–H groups in total. The summed E-state index contributed by atoms with van der Waals surface area (Å²) in [6.07, 6.45) is 1.08. The first-order valence-electron chi connectivity index (χ1n) is 7.99. The molecule has 0 aromatic heterocycles. The zero-order valence-corrected chi connectivity index (χ0v) is 15.0. The van der Waals surface area contributed by atoms with Crippen LogP contribution in [0.15, 0.2) is 17.0 Å². The van der Waals surface area contributed by atoms with Crippen LogP contribution in [0.4, 0.5) is 0 Å². The molecule has 5 heteroatoms. The maximum atomic E-state index is 13.1. The summed E-state index contributed by atoms with van der Waals surface area (Å²) >= 11 is 0. The molecule has 22 heavy (non-hydrogen) atoms. The largest absolute Gasteiger partial charge is 0.492 e. The maximum Gasteiger partial charge on any atom is 0.246 e. The number of aryl methyl sites for hydroxylation is 2. The lowest BCUT2D eigenvalue weighted by atomic mass is 9.94. The van der Waals surface area contributed by atoms with Crippen molar-refractivity contribution in [3.63, 3.8) is 0 Å². The third kappa shape index (κ3) is 3.46. The number of benzene rings is 1. The summed E-state index contributed by atoms with van der Waals surface area (Å²) in [7, 11) is -3.51. The molecule has 0 saturated carbocycles. The highest BCUT2D eigenvalue weighted by molar-refractivity contribution is 7.89. The van der Waals surface area contributed by atoms with Gasteiger partial charge in [-0.1, -0.05) is 13.8 Å². The van der Waals surface area contributed by atoms with Crippen molar-refractivity contribution in [3.05, 3.63) is 23.3 Å². The number of piperidine rings is 1. The summed E-state index contributed by atoms with van der Waals surface area (Å²) in [5, 5.41) is 0. The Balaban J connectivity index is 2.46. The van der Waals surface area contributed by atoms with Gasteiger partial charge < -0.3 is 4.74 Å². The molecule has 1 fully saturated rings. The lowest BCUT2D eigenvalue weighted by Crippen LogP contribution is -2.42. The molecule has 1 heterocycles. The van der Waals surface area contributed by atoms with Crippen LogP contribution in [0.25, 0.3) is 0 Å². The van der Waals surface area contributed by atoms with E-state index in [0.29, 0.717) is 42.2 Å². The van der Waals surface area contributed by atoms with E-state index in [2.05, 4.69) is 13.8 Å². The van der Waals surface area contributed by atoms with Gasteiger partial charge in [0.05, 0.1) is 6.61 Å². The third-order valence-corrected chi connectivity index (χ3v) is 6.17. The molecule has 4 nitrogen and oxygen atoms in total. The normalized spacial score (nSPS) is 23.5. The smallest absolute Gasteiger partial charge is 0.246 e. The molecule has 0 amide bonds. The standard InChI is InChI=1S/C17H27NO3S/c1-6-21-16-8-14(4)15(5)9-17(16)22(19,20)18-10-12(2)7-13(3)11-18/h8-9,12-13H,6-7,10-11H2,1-5H3/t12-,13-/m0/s1. The molecule has 1 aliphatic heterocycles. The fraction of sp³-hybridized carbons (Fsp3) is 0.647. The lowest BCUT2D eigenvalue weighted by molar-refractivity contribution is 0.222. The van der Waals surface area contributed by atoms with Crippen LogP contribution < -0.4 is 4.74 Å². The summed E-state index contributed by atoms with van der Waals surface area (Å²) in [6.45, 7) is 11.6. The average molecular weight is 325 g/mol. The van der Waals surface area contributed by atoms with Gasteiger partial charge in [-0.25, -0.2) is 8.42 Å². The van der Waals surface area contributed by atoms with E-state index in [0.717, 1.165) is 17.5 Å². The summed E-state index contributed by atoms with van der Waals surface area (Å²) < 4.78 is 33.4. The number of hydrogen-bond donors (Lipinski definition) is 0. The van der Waals surface area contributed by atoms with Crippen LogP contribution >= 0.6 is 0 Å². The van der Waals surface area contributed by atoms with Gasteiger partial charge in [-0.3, -0.25) is 0 Å². The number of nitrogens with zero attached hydrogens (tertiary/aromatic N) is 1. The highest BCUT2D eigenvalue weighted by Crippen LogP contribution is 2.33. The second-order valence-electron chi connectivity index (χ2n) is 6.58. The minimum absolute atomic E-state index is 0.304. The van der Waals surface area contributed by atoms with Crippen LogP contribution in [0.2, 0.25) is 0 Å². The summed E-state index contributed by atoms with van der Waals surface area (Å²) in [5.41, 5.74) is 2.02. The molecule has 0 spiro atoms. The predicted octanol–water partition coefficient (Wildman–Crippen LogP) is 3.37. The molecule has 1 saturated heterocycles. The van der Waals surface area contributed by atoms with Crippen molar-refractivity contribution in [1.29, 1.82) is 0 Å². The van der Waals surface area contributed by atoms with Crippen LogP contribution in [0.5, 0.6) is 5.75 Å². The summed E-state index contributed by atoms with van der Waals surface area (Å²) in [4.78, 5) is 0.304. The van der Waals surface area contributed by atoms with Gasteiger partial charge in [-0.15, -0.1) is 0 Å². The highest BCUT2D eigenvalue weighted by Gasteiger charge is 2.33. The van der Waals surface area contributed by atoms with Crippen molar-refractivity contribution >= 4 is 10.0 Å². The molecule has 0 unspecified atom stereocenters. The maximum absolute atomic E-state index is 13.1. The molecule has 124 valence electrons. The summed E-state index contributed by atoms with van der Waals surface area (Å²) in [5.74, 6) is 1.25. The van der Waals surface area contributed by atoms with E-state index in [4.69, 9.17) is 4.74 Å². The molecular weight excluding hydrogens is 298 g/mol. The van der Waals surface area contributed by atoms with Gasteiger partial charge in [0.1, 0.15) is 10.6 Å². The van der Waals surface area contributed by atoms with E-state index >= 15 is 0 Å². The molecule has 2 atom stereocenters. The number of hydrogen-bond acceptors (Lipinski definition) is 3. The van der Waals surface area contributed by atoms with Gasteiger partial charge in [-0.2, -0.15) is 4.31 Å². The molecule has 2 rings (SSSR count). The monoisotopic (exact) mass is 325 g/mol. The molecule has 0 aliphatic carbocycles. The second kappa shape index (κ2) is 6.59. The first-order valence-corrected chi connectivity index (χ1v) is 9.43. The Kier molecular flexibility index (Phi) is 5.17. The highest BCUT2D eigenvalue weighted by atomic mass is 32.2. The van der Waals surface area contributed by atoms with Crippen molar-refractivity contribution in [2.45, 2.75) is 45.9 Å². The van der Waals surface area contributed by atoms with Gasteiger partial charge >= 0.3 is 0 Å². The quantitative estimate of drug-likeness (QED) is 0.852. The minimum atomic E-state index is -3.51. The fourth-order valence-electron chi connectivity index (χ4n) is 3.17. The van der Waals surface area contributed by atoms with Crippen LogP contribution in [0.1, 0.15) is 38.3 Å². The van der Waals surface area contributed by atoms with Crippen molar-refractivity contribution in [2.75, 3.05) is 19.7 Å². The van der Waals surface area contributed by atoms with E-state index in [1.807, 2.05) is 26.8 Å². The van der Waals surface area contributed by atoms with Gasteiger partial charge in [0.25, 0.3) is 0 Å². The van der Waals surface area contributed by atoms with Crippen LogP contribution in [-0.4, -0.2) is 32.4 Å². The fourth-order valence-corrected chi connectivity index (χ4v) is 5.05. The van der Waals surface area contributed by atoms with Crippen LogP contribution in [0.3, 0.4) is 0 Å². The zero-order valence-electron chi connectivity index (χ0n) is 14.2. The van der Waals surface area contributed by atoms with E-state index in [-0.39, 0.29) is 0 Å². The molecule has 1 aromatic carbocycles. The van der Waals surface area contributed by atoms with Crippen LogP contribution in [0, 0.1) is 25.7 Å². The molecular formula is C17H27NO3S. The lowest BCUT2D eigenvalue weighted by Gasteiger charge is -2.34. The van der Waals surface area contributed by atoms with E-state index < -0.39 is 10.0 Å². The van der Waals surface area contributed by atoms with Gasteiger partial charge in [0.2, 0.25) is 10.0 Å². The van der Waals surface area contributed by atoms with Crippen molar-refractivity contribution < 1.29 is 13.2 Å². The zero-order chi connectivity index (χ0) is 16.5. The number of rotatable bonds is 4. The Morgan fingerprint density at radius 1 is 1.14 bits per heavy atom. The molecule has 0 radical (unpaired) electrons. The number of sulfonamides is 1. The first-order chi connectivity index (χ1) is 10.3. The Morgan fingerprint density at radius 3 is 2.23 bits per heavy atom. The van der Waals surface area contributed by atoms with Crippen molar-refractivity contribution in [2.24, 2.45) is 11.8 Å². The van der Waals surface area contributed by atoms with Gasteiger partial charge in [0.15, 0.2) is 0 Å². The molecule has 1 aromatic rings. The minimum Gasteiger partial charge on any atom is -0.492 e. The van der Waals surface area contributed by atoms with E-state index in [1.165, 1.54) is 0 Å². The average Bonchev–Trinajstić information content (AvgIpc) is 2.41. The Bertz CT molecular complexity index is 630. The second-order valence-corrected chi connectivity index (χ2v) is 8.49. The summed E-state index contributed by atoms with van der Waals surface area (Å²) in [6, 6.07) is 3.59.